The molecule has 1 saturated carbocycles. The van der Waals surface area contributed by atoms with Crippen molar-refractivity contribution in [2.75, 3.05) is 12.4 Å². The van der Waals surface area contributed by atoms with E-state index in [1.807, 2.05) is 0 Å². The fraction of sp³-hybridized carbons (Fsp3) is 0.750. The smallest absolute Gasteiger partial charge is 0.244 e. The average Bonchev–Trinajstić information content (AvgIpc) is 2.93. The van der Waals surface area contributed by atoms with Gasteiger partial charge in [0.05, 0.1) is 11.4 Å². The monoisotopic (exact) mass is 305 g/mol. The zero-order valence-corrected chi connectivity index (χ0v) is 12.8. The van der Waals surface area contributed by atoms with Crippen molar-refractivity contribution in [3.05, 3.63) is 11.4 Å². The van der Waals surface area contributed by atoms with Gasteiger partial charge in [0.15, 0.2) is 0 Å². The summed E-state index contributed by atoms with van der Waals surface area (Å²) in [6.45, 7) is 3.87. The van der Waals surface area contributed by atoms with Gasteiger partial charge in [-0.15, -0.1) is 11.6 Å². The van der Waals surface area contributed by atoms with Gasteiger partial charge in [0, 0.05) is 12.4 Å². The van der Waals surface area contributed by atoms with E-state index in [-0.39, 0.29) is 4.90 Å². The van der Waals surface area contributed by atoms with Crippen LogP contribution in [0.15, 0.2) is 4.90 Å². The SMILES string of the molecule is Cc1n[nH]c(C)c1S(=O)(=O)NCC1CCCC1CCl. The number of alkyl halides is 1. The van der Waals surface area contributed by atoms with Crippen molar-refractivity contribution in [2.45, 2.75) is 38.0 Å². The Labute approximate surface area is 119 Å². The summed E-state index contributed by atoms with van der Waals surface area (Å²) in [5.74, 6) is 1.38. The van der Waals surface area contributed by atoms with Crippen LogP contribution in [0.4, 0.5) is 0 Å². The summed E-state index contributed by atoms with van der Waals surface area (Å²) in [5.41, 5.74) is 1.08. The van der Waals surface area contributed by atoms with Gasteiger partial charge in [0.25, 0.3) is 0 Å². The predicted octanol–water partition coefficient (Wildman–Crippen LogP) is 1.96. The van der Waals surface area contributed by atoms with Crippen LogP contribution in [0, 0.1) is 25.7 Å². The number of aromatic amines is 1. The van der Waals surface area contributed by atoms with Crippen LogP contribution < -0.4 is 4.72 Å². The number of halogens is 1. The highest BCUT2D eigenvalue weighted by atomic mass is 35.5. The van der Waals surface area contributed by atoms with Crippen molar-refractivity contribution in [1.82, 2.24) is 14.9 Å². The predicted molar refractivity (Wildman–Crippen MR) is 74.8 cm³/mol. The lowest BCUT2D eigenvalue weighted by Gasteiger charge is -2.17. The highest BCUT2D eigenvalue weighted by Crippen LogP contribution is 2.32. The number of hydrogen-bond acceptors (Lipinski definition) is 3. The minimum Gasteiger partial charge on any atom is -0.281 e. The van der Waals surface area contributed by atoms with Crippen LogP contribution in [-0.4, -0.2) is 31.0 Å². The molecule has 2 N–H and O–H groups in total. The summed E-state index contributed by atoms with van der Waals surface area (Å²) >= 11 is 5.91. The summed E-state index contributed by atoms with van der Waals surface area (Å²) in [6.07, 6.45) is 3.27. The molecule has 0 aliphatic heterocycles. The van der Waals surface area contributed by atoms with E-state index in [1.54, 1.807) is 13.8 Å². The van der Waals surface area contributed by atoms with E-state index in [4.69, 9.17) is 11.6 Å². The number of rotatable bonds is 5. The van der Waals surface area contributed by atoms with Crippen LogP contribution in [0.5, 0.6) is 0 Å². The van der Waals surface area contributed by atoms with E-state index < -0.39 is 10.0 Å². The second kappa shape index (κ2) is 5.81. The molecule has 19 heavy (non-hydrogen) atoms. The molecule has 108 valence electrons. The van der Waals surface area contributed by atoms with E-state index in [1.165, 1.54) is 0 Å². The van der Waals surface area contributed by atoms with E-state index >= 15 is 0 Å². The standard InChI is InChI=1S/C12H20ClN3O2S/c1-8-12(9(2)16-15-8)19(17,18)14-7-11-5-3-4-10(11)6-13/h10-11,14H,3-7H2,1-2H3,(H,15,16). The Balaban J connectivity index is 2.06. The molecule has 1 aromatic heterocycles. The molecule has 1 aliphatic carbocycles. The molecule has 0 bridgehead atoms. The third-order valence-corrected chi connectivity index (χ3v) is 5.96. The molecule has 1 aromatic rings. The largest absolute Gasteiger partial charge is 0.281 e. The minimum absolute atomic E-state index is 0.271. The first-order chi connectivity index (χ1) is 8.95. The van der Waals surface area contributed by atoms with Crippen LogP contribution in [0.3, 0.4) is 0 Å². The van der Waals surface area contributed by atoms with Gasteiger partial charge in [-0.2, -0.15) is 5.10 Å². The molecule has 1 heterocycles. The molecule has 5 nitrogen and oxygen atoms in total. The van der Waals surface area contributed by atoms with Crippen molar-refractivity contribution in [2.24, 2.45) is 11.8 Å². The van der Waals surface area contributed by atoms with Crippen molar-refractivity contribution < 1.29 is 8.42 Å². The van der Waals surface area contributed by atoms with Crippen molar-refractivity contribution in [1.29, 1.82) is 0 Å². The molecule has 0 radical (unpaired) electrons. The molecule has 7 heteroatoms. The Bertz CT molecular complexity index is 522. The molecule has 2 unspecified atom stereocenters. The van der Waals surface area contributed by atoms with Gasteiger partial charge in [-0.1, -0.05) is 6.42 Å². The summed E-state index contributed by atoms with van der Waals surface area (Å²) < 4.78 is 27.3. The third kappa shape index (κ3) is 3.12. The molecule has 0 spiro atoms. The Morgan fingerprint density at radius 2 is 2.05 bits per heavy atom. The summed E-state index contributed by atoms with van der Waals surface area (Å²) in [6, 6.07) is 0. The van der Waals surface area contributed by atoms with Crippen LogP contribution >= 0.6 is 11.6 Å². The number of aryl methyl sites for hydroxylation is 2. The lowest BCUT2D eigenvalue weighted by Crippen LogP contribution is -2.31. The van der Waals surface area contributed by atoms with Gasteiger partial charge < -0.3 is 0 Å². The first-order valence-corrected chi connectivity index (χ1v) is 8.54. The fourth-order valence-electron chi connectivity index (χ4n) is 2.81. The number of sulfonamides is 1. The molecule has 0 aromatic carbocycles. The maximum atomic E-state index is 12.3. The van der Waals surface area contributed by atoms with E-state index in [0.717, 1.165) is 19.3 Å². The summed E-state index contributed by atoms with van der Waals surface area (Å²) in [5, 5.41) is 6.63. The number of aromatic nitrogens is 2. The maximum absolute atomic E-state index is 12.3. The molecule has 2 rings (SSSR count). The molecule has 0 amide bonds. The Morgan fingerprint density at radius 3 is 2.63 bits per heavy atom. The Morgan fingerprint density at radius 1 is 1.37 bits per heavy atom. The van der Waals surface area contributed by atoms with Gasteiger partial charge >= 0.3 is 0 Å². The zero-order chi connectivity index (χ0) is 14.0. The maximum Gasteiger partial charge on any atom is 0.244 e. The first-order valence-electron chi connectivity index (χ1n) is 6.53. The van der Waals surface area contributed by atoms with Gasteiger partial charge in [0.2, 0.25) is 10.0 Å². The van der Waals surface area contributed by atoms with Crippen molar-refractivity contribution in [3.8, 4) is 0 Å². The highest BCUT2D eigenvalue weighted by molar-refractivity contribution is 7.89. The Kier molecular flexibility index (Phi) is 4.53. The van der Waals surface area contributed by atoms with Crippen LogP contribution in [-0.2, 0) is 10.0 Å². The van der Waals surface area contributed by atoms with E-state index in [0.29, 0.717) is 35.6 Å². The molecular formula is C12H20ClN3O2S. The summed E-state index contributed by atoms with van der Waals surface area (Å²) in [4.78, 5) is 0.271. The molecule has 2 atom stereocenters. The molecule has 0 saturated heterocycles. The number of nitrogens with one attached hydrogen (secondary N) is 2. The zero-order valence-electron chi connectivity index (χ0n) is 11.2. The minimum atomic E-state index is -3.48. The van der Waals surface area contributed by atoms with E-state index in [2.05, 4.69) is 14.9 Å². The van der Waals surface area contributed by atoms with Gasteiger partial charge in [-0.3, -0.25) is 5.10 Å². The Hall–Kier alpha value is -0.590. The fourth-order valence-corrected chi connectivity index (χ4v) is 4.68. The quantitative estimate of drug-likeness (QED) is 0.817. The average molecular weight is 306 g/mol. The van der Waals surface area contributed by atoms with Crippen molar-refractivity contribution >= 4 is 21.6 Å². The number of nitrogens with zero attached hydrogens (tertiary/aromatic N) is 1. The van der Waals surface area contributed by atoms with Gasteiger partial charge in [0.1, 0.15) is 4.90 Å². The topological polar surface area (TPSA) is 74.8 Å². The van der Waals surface area contributed by atoms with Gasteiger partial charge in [-0.25, -0.2) is 13.1 Å². The van der Waals surface area contributed by atoms with Crippen molar-refractivity contribution in [3.63, 3.8) is 0 Å². The van der Waals surface area contributed by atoms with Crippen LogP contribution in [0.1, 0.15) is 30.7 Å². The lowest BCUT2D eigenvalue weighted by molar-refractivity contribution is 0.418. The molecule has 1 fully saturated rings. The van der Waals surface area contributed by atoms with E-state index in [9.17, 15) is 8.42 Å². The normalized spacial score (nSPS) is 23.9. The molecule has 1 aliphatic rings. The summed E-state index contributed by atoms with van der Waals surface area (Å²) in [7, 11) is -3.48. The highest BCUT2D eigenvalue weighted by Gasteiger charge is 2.29. The third-order valence-electron chi connectivity index (χ3n) is 3.88. The second-order valence-electron chi connectivity index (χ2n) is 5.22. The van der Waals surface area contributed by atoms with Gasteiger partial charge in [-0.05, 0) is 38.5 Å². The van der Waals surface area contributed by atoms with Crippen LogP contribution in [0.2, 0.25) is 0 Å². The number of H-pyrrole nitrogens is 1. The molecular weight excluding hydrogens is 286 g/mol. The lowest BCUT2D eigenvalue weighted by atomic mass is 9.98. The second-order valence-corrected chi connectivity index (χ2v) is 7.23. The number of hydrogen-bond donors (Lipinski definition) is 2. The van der Waals surface area contributed by atoms with Crippen LogP contribution in [0.25, 0.3) is 0 Å². The first kappa shape index (κ1) is 14.8.